The van der Waals surface area contributed by atoms with Crippen molar-refractivity contribution >= 4 is 5.97 Å². The van der Waals surface area contributed by atoms with E-state index >= 15 is 0 Å². The molecule has 19 heavy (non-hydrogen) atoms. The van der Waals surface area contributed by atoms with Crippen LogP contribution >= 0.6 is 0 Å². The molecule has 2 unspecified atom stereocenters. The molecule has 2 saturated heterocycles. The first kappa shape index (κ1) is 14.8. The standard InChI is InChI=1S/C15H28N2O2/c1-12-10-17-8-5-4-6-13(17)11-16(12)9-7-15(2,3)14(18)19/h12-13H,4-11H2,1-3H3,(H,18,19). The number of fused-ring (bicyclic) bond motifs is 1. The molecule has 0 aromatic rings. The first-order valence-electron chi connectivity index (χ1n) is 7.61. The smallest absolute Gasteiger partial charge is 0.309 e. The number of nitrogens with zero attached hydrogens (tertiary/aromatic N) is 2. The average Bonchev–Trinajstić information content (AvgIpc) is 2.36. The number of rotatable bonds is 4. The van der Waals surface area contributed by atoms with Gasteiger partial charge in [-0.15, -0.1) is 0 Å². The van der Waals surface area contributed by atoms with E-state index in [1.807, 2.05) is 13.8 Å². The predicted octanol–water partition coefficient (Wildman–Crippen LogP) is 2.05. The lowest BCUT2D eigenvalue weighted by molar-refractivity contribution is -0.147. The molecule has 0 aromatic carbocycles. The lowest BCUT2D eigenvalue weighted by Gasteiger charge is -2.48. The fourth-order valence-electron chi connectivity index (χ4n) is 3.25. The number of piperidine rings is 1. The van der Waals surface area contributed by atoms with Crippen LogP contribution in [0.25, 0.3) is 0 Å². The molecule has 4 heteroatoms. The Bertz CT molecular complexity index is 330. The highest BCUT2D eigenvalue weighted by Crippen LogP contribution is 2.26. The molecule has 4 nitrogen and oxygen atoms in total. The van der Waals surface area contributed by atoms with Gasteiger partial charge in [0.2, 0.25) is 0 Å². The zero-order valence-electron chi connectivity index (χ0n) is 12.6. The van der Waals surface area contributed by atoms with Crippen LogP contribution in [-0.2, 0) is 4.79 Å². The van der Waals surface area contributed by atoms with Gasteiger partial charge in [-0.1, -0.05) is 6.42 Å². The molecule has 1 N–H and O–H groups in total. The molecule has 0 spiro atoms. The van der Waals surface area contributed by atoms with E-state index in [2.05, 4.69) is 16.7 Å². The number of hydrogen-bond acceptors (Lipinski definition) is 3. The first-order valence-corrected chi connectivity index (χ1v) is 7.61. The Morgan fingerprint density at radius 2 is 2.05 bits per heavy atom. The zero-order chi connectivity index (χ0) is 14.0. The Kier molecular flexibility index (Phi) is 4.51. The molecule has 0 radical (unpaired) electrons. The summed E-state index contributed by atoms with van der Waals surface area (Å²) < 4.78 is 0. The molecule has 110 valence electrons. The van der Waals surface area contributed by atoms with Crippen LogP contribution in [0.15, 0.2) is 0 Å². The van der Waals surface area contributed by atoms with Crippen LogP contribution in [0.3, 0.4) is 0 Å². The van der Waals surface area contributed by atoms with E-state index in [1.54, 1.807) is 0 Å². The minimum atomic E-state index is -0.684. The second-order valence-corrected chi connectivity index (χ2v) is 6.93. The van der Waals surface area contributed by atoms with Crippen molar-refractivity contribution in [1.29, 1.82) is 0 Å². The molecule has 0 bridgehead atoms. The van der Waals surface area contributed by atoms with Crippen molar-refractivity contribution in [3.05, 3.63) is 0 Å². The quantitative estimate of drug-likeness (QED) is 0.847. The van der Waals surface area contributed by atoms with Gasteiger partial charge < -0.3 is 5.11 Å². The van der Waals surface area contributed by atoms with Gasteiger partial charge in [-0.3, -0.25) is 14.6 Å². The highest BCUT2D eigenvalue weighted by Gasteiger charge is 2.34. The van der Waals surface area contributed by atoms with Crippen LogP contribution in [0.2, 0.25) is 0 Å². The summed E-state index contributed by atoms with van der Waals surface area (Å²) in [7, 11) is 0. The number of carbonyl (C=O) groups is 1. The van der Waals surface area contributed by atoms with Crippen molar-refractivity contribution in [2.24, 2.45) is 5.41 Å². The molecule has 0 aliphatic carbocycles. The molecule has 2 rings (SSSR count). The van der Waals surface area contributed by atoms with E-state index in [0.717, 1.165) is 26.1 Å². The molecule has 0 saturated carbocycles. The molecule has 2 aliphatic heterocycles. The molecule has 0 aromatic heterocycles. The number of carboxylic acid groups (broad SMARTS) is 1. The highest BCUT2D eigenvalue weighted by molar-refractivity contribution is 5.73. The maximum atomic E-state index is 11.2. The van der Waals surface area contributed by atoms with Crippen molar-refractivity contribution in [2.45, 2.75) is 58.5 Å². The van der Waals surface area contributed by atoms with Gasteiger partial charge in [0.05, 0.1) is 5.41 Å². The molecular formula is C15H28N2O2. The largest absolute Gasteiger partial charge is 0.481 e. The Hall–Kier alpha value is -0.610. The van der Waals surface area contributed by atoms with Crippen LogP contribution in [0.5, 0.6) is 0 Å². The Morgan fingerprint density at radius 3 is 2.74 bits per heavy atom. The van der Waals surface area contributed by atoms with Gasteiger partial charge in [0, 0.05) is 25.2 Å². The van der Waals surface area contributed by atoms with Gasteiger partial charge in [-0.2, -0.15) is 0 Å². The van der Waals surface area contributed by atoms with Crippen molar-refractivity contribution < 1.29 is 9.90 Å². The third kappa shape index (κ3) is 3.48. The first-order chi connectivity index (χ1) is 8.90. The number of aliphatic carboxylic acids is 1. The van der Waals surface area contributed by atoms with Crippen molar-refractivity contribution in [3.63, 3.8) is 0 Å². The maximum Gasteiger partial charge on any atom is 0.309 e. The molecule has 2 fully saturated rings. The highest BCUT2D eigenvalue weighted by atomic mass is 16.4. The third-order valence-corrected chi connectivity index (χ3v) is 4.92. The van der Waals surface area contributed by atoms with E-state index in [1.165, 1.54) is 25.8 Å². The van der Waals surface area contributed by atoms with E-state index in [9.17, 15) is 9.90 Å². The van der Waals surface area contributed by atoms with Crippen molar-refractivity contribution in [2.75, 3.05) is 26.2 Å². The van der Waals surface area contributed by atoms with Gasteiger partial charge >= 0.3 is 5.97 Å². The van der Waals surface area contributed by atoms with E-state index in [0.29, 0.717) is 12.1 Å². The molecular weight excluding hydrogens is 240 g/mol. The number of hydrogen-bond donors (Lipinski definition) is 1. The van der Waals surface area contributed by atoms with Crippen LogP contribution in [0, 0.1) is 5.41 Å². The van der Waals surface area contributed by atoms with Crippen molar-refractivity contribution in [1.82, 2.24) is 9.80 Å². The van der Waals surface area contributed by atoms with Gasteiger partial charge in [0.25, 0.3) is 0 Å². The zero-order valence-corrected chi connectivity index (χ0v) is 12.6. The maximum absolute atomic E-state index is 11.2. The summed E-state index contributed by atoms with van der Waals surface area (Å²) in [5, 5.41) is 9.20. The predicted molar refractivity (Wildman–Crippen MR) is 76.3 cm³/mol. The minimum Gasteiger partial charge on any atom is -0.481 e. The Balaban J connectivity index is 1.88. The van der Waals surface area contributed by atoms with Gasteiger partial charge in [0.15, 0.2) is 0 Å². The summed E-state index contributed by atoms with van der Waals surface area (Å²) in [4.78, 5) is 16.3. The SMILES string of the molecule is CC1CN2CCCCC2CN1CCC(C)(C)C(=O)O. The second-order valence-electron chi connectivity index (χ2n) is 6.93. The van der Waals surface area contributed by atoms with Gasteiger partial charge in [0.1, 0.15) is 0 Å². The fraction of sp³-hybridized carbons (Fsp3) is 0.933. The minimum absolute atomic E-state index is 0.555. The summed E-state index contributed by atoms with van der Waals surface area (Å²) in [5.74, 6) is -0.684. The molecule has 2 aliphatic rings. The van der Waals surface area contributed by atoms with Crippen LogP contribution in [0.1, 0.15) is 46.5 Å². The molecule has 2 heterocycles. The lowest BCUT2D eigenvalue weighted by Crippen LogP contribution is -2.59. The summed E-state index contributed by atoms with van der Waals surface area (Å²) in [6, 6.07) is 1.26. The summed E-state index contributed by atoms with van der Waals surface area (Å²) in [5.41, 5.74) is -0.608. The lowest BCUT2D eigenvalue weighted by atomic mass is 9.88. The fourth-order valence-corrected chi connectivity index (χ4v) is 3.25. The van der Waals surface area contributed by atoms with E-state index in [4.69, 9.17) is 0 Å². The normalized spacial score (nSPS) is 30.1. The second kappa shape index (κ2) is 5.80. The Morgan fingerprint density at radius 1 is 1.32 bits per heavy atom. The van der Waals surface area contributed by atoms with Crippen molar-refractivity contribution in [3.8, 4) is 0 Å². The van der Waals surface area contributed by atoms with Crippen LogP contribution < -0.4 is 0 Å². The van der Waals surface area contributed by atoms with E-state index in [-0.39, 0.29) is 0 Å². The monoisotopic (exact) mass is 268 g/mol. The van der Waals surface area contributed by atoms with E-state index < -0.39 is 11.4 Å². The van der Waals surface area contributed by atoms with Crippen LogP contribution in [0.4, 0.5) is 0 Å². The van der Waals surface area contributed by atoms with Gasteiger partial charge in [-0.25, -0.2) is 0 Å². The summed E-state index contributed by atoms with van der Waals surface area (Å²) >= 11 is 0. The summed E-state index contributed by atoms with van der Waals surface area (Å²) in [6.45, 7) is 10.4. The average molecular weight is 268 g/mol. The Labute approximate surface area is 116 Å². The summed E-state index contributed by atoms with van der Waals surface area (Å²) in [6.07, 6.45) is 4.74. The molecule has 2 atom stereocenters. The third-order valence-electron chi connectivity index (χ3n) is 4.92. The topological polar surface area (TPSA) is 43.8 Å². The van der Waals surface area contributed by atoms with Crippen LogP contribution in [-0.4, -0.2) is 59.1 Å². The molecule has 0 amide bonds. The number of piperazine rings is 1. The number of carboxylic acids is 1. The van der Waals surface area contributed by atoms with Gasteiger partial charge in [-0.05, 0) is 53.1 Å².